The predicted molar refractivity (Wildman–Crippen MR) is 112 cm³/mol. The van der Waals surface area contributed by atoms with Gasteiger partial charge in [0.05, 0.1) is 7.11 Å². The van der Waals surface area contributed by atoms with Crippen LogP contribution in [0.4, 0.5) is 39.9 Å². The fourth-order valence-electron chi connectivity index (χ4n) is 4.25. The molecule has 0 radical (unpaired) electrons. The summed E-state index contributed by atoms with van der Waals surface area (Å²) in [4.78, 5) is 16.5. The lowest BCUT2D eigenvalue weighted by molar-refractivity contribution is -0.308. The van der Waals surface area contributed by atoms with Crippen molar-refractivity contribution in [3.05, 3.63) is 29.3 Å². The molecule has 6 nitrogen and oxygen atoms in total. The summed E-state index contributed by atoms with van der Waals surface area (Å²) in [6, 6.07) is 5.44. The van der Waals surface area contributed by atoms with E-state index in [2.05, 4.69) is 4.74 Å². The van der Waals surface area contributed by atoms with Crippen molar-refractivity contribution in [1.29, 1.82) is 0 Å². The number of benzene rings is 1. The number of carbonyl (C=O) groups is 1. The highest BCUT2D eigenvalue weighted by molar-refractivity contribution is 5.68. The van der Waals surface area contributed by atoms with E-state index in [9.17, 15) is 39.9 Å². The number of hydrogen-bond donors (Lipinski definition) is 0. The van der Waals surface area contributed by atoms with Crippen LogP contribution in [0.25, 0.3) is 0 Å². The average molecular weight is 533 g/mol. The fraction of sp³-hybridized carbons (Fsp3) is 0.682. The summed E-state index contributed by atoms with van der Waals surface area (Å²) in [6.07, 6.45) is -17.8. The molecule has 1 amide bonds. The van der Waals surface area contributed by atoms with Gasteiger partial charge in [0.2, 0.25) is 0 Å². The molecule has 2 heterocycles. The van der Waals surface area contributed by atoms with E-state index in [1.54, 1.807) is 6.07 Å². The number of halogens is 8. The molecule has 0 spiro atoms. The van der Waals surface area contributed by atoms with Crippen molar-refractivity contribution in [3.8, 4) is 5.75 Å². The van der Waals surface area contributed by atoms with Crippen LogP contribution >= 0.6 is 0 Å². The van der Waals surface area contributed by atoms with Crippen LogP contribution in [0, 0.1) is 0 Å². The Morgan fingerprint density at radius 3 is 1.81 bits per heavy atom. The molecule has 3 rings (SSSR count). The summed E-state index contributed by atoms with van der Waals surface area (Å²) in [7, 11) is 1.48. The number of hydrogen-bond acceptors (Lipinski definition) is 5. The number of methoxy groups -OCH3 is 1. The average Bonchev–Trinajstić information content (AvgIpc) is 2.78. The van der Waals surface area contributed by atoms with Crippen LogP contribution in [0.3, 0.4) is 0 Å². The first kappa shape index (κ1) is 28.2. The Morgan fingerprint density at radius 2 is 1.36 bits per heavy atom. The normalized spacial score (nSPS) is 20.0. The monoisotopic (exact) mass is 533 g/mol. The molecular formula is C22H27F8N3O3. The fourth-order valence-corrected chi connectivity index (χ4v) is 4.25. The highest BCUT2D eigenvalue weighted by atomic mass is 19.4. The Morgan fingerprint density at radius 1 is 0.889 bits per heavy atom. The van der Waals surface area contributed by atoms with Crippen LogP contribution in [0.1, 0.15) is 24.0 Å². The van der Waals surface area contributed by atoms with Gasteiger partial charge in [-0.05, 0) is 0 Å². The predicted octanol–water partition coefficient (Wildman–Crippen LogP) is 4.67. The second-order valence-corrected chi connectivity index (χ2v) is 8.85. The minimum absolute atomic E-state index is 0.120. The minimum Gasteiger partial charge on any atom is -0.496 e. The number of piperazine rings is 1. The Kier molecular flexibility index (Phi) is 8.59. The maximum atomic E-state index is 13.4. The van der Waals surface area contributed by atoms with Crippen molar-refractivity contribution in [3.63, 3.8) is 0 Å². The third-order valence-electron chi connectivity index (χ3n) is 6.20. The lowest BCUT2D eigenvalue weighted by Gasteiger charge is -2.35. The summed E-state index contributed by atoms with van der Waals surface area (Å²) < 4.78 is 112. The number of para-hydroxylation sites is 1. The second kappa shape index (κ2) is 11.0. The van der Waals surface area contributed by atoms with Crippen LogP contribution in [0.5, 0.6) is 5.75 Å². The molecule has 2 aliphatic heterocycles. The number of amides is 1. The standard InChI is InChI=1S/C22H27F8N3O3/c1-35-17-15(13-31-7-5-20(23,24)6-8-31)3-2-4-16(17)14-32-9-11-33(12-10-32)19(34)36-18(21(25,26)27)22(28,29)30/h2-4,18H,5-14H2,1H3. The first-order valence-electron chi connectivity index (χ1n) is 11.3. The van der Waals surface area contributed by atoms with Gasteiger partial charge >= 0.3 is 18.4 Å². The van der Waals surface area contributed by atoms with Gasteiger partial charge in [0.25, 0.3) is 12.0 Å². The SMILES string of the molecule is COc1c(CN2CCN(C(=O)OC(C(F)(F)F)C(F)(F)F)CC2)cccc1CN1CCC(F)(F)CC1. The zero-order chi connectivity index (χ0) is 26.7. The quantitative estimate of drug-likeness (QED) is 0.498. The molecule has 1 aromatic rings. The van der Waals surface area contributed by atoms with E-state index in [0.29, 0.717) is 18.8 Å². The van der Waals surface area contributed by atoms with Crippen LogP contribution < -0.4 is 4.74 Å². The lowest BCUT2D eigenvalue weighted by Crippen LogP contribution is -2.52. The number of ether oxygens (including phenoxy) is 2. The van der Waals surface area contributed by atoms with E-state index in [-0.39, 0.29) is 52.1 Å². The van der Waals surface area contributed by atoms with Gasteiger partial charge in [-0.2, -0.15) is 26.3 Å². The molecule has 2 aliphatic rings. The molecule has 0 saturated carbocycles. The topological polar surface area (TPSA) is 45.3 Å². The minimum atomic E-state index is -5.77. The van der Waals surface area contributed by atoms with E-state index >= 15 is 0 Å². The van der Waals surface area contributed by atoms with Gasteiger partial charge in [0, 0.05) is 76.3 Å². The summed E-state index contributed by atoms with van der Waals surface area (Å²) >= 11 is 0. The van der Waals surface area contributed by atoms with Crippen LogP contribution in [0.15, 0.2) is 18.2 Å². The van der Waals surface area contributed by atoms with Crippen molar-refractivity contribution < 1.29 is 49.4 Å². The largest absolute Gasteiger partial charge is 0.496 e. The maximum absolute atomic E-state index is 13.4. The first-order valence-corrected chi connectivity index (χ1v) is 11.3. The molecule has 1 aromatic carbocycles. The van der Waals surface area contributed by atoms with Crippen LogP contribution in [-0.4, -0.2) is 91.6 Å². The zero-order valence-electron chi connectivity index (χ0n) is 19.5. The molecule has 14 heteroatoms. The van der Waals surface area contributed by atoms with Crippen molar-refractivity contribution in [2.75, 3.05) is 46.4 Å². The van der Waals surface area contributed by atoms with Crippen molar-refractivity contribution in [1.82, 2.24) is 14.7 Å². The zero-order valence-corrected chi connectivity index (χ0v) is 19.5. The van der Waals surface area contributed by atoms with Gasteiger partial charge in [-0.1, -0.05) is 18.2 Å². The first-order chi connectivity index (χ1) is 16.7. The van der Waals surface area contributed by atoms with Crippen molar-refractivity contribution in [2.24, 2.45) is 0 Å². The molecule has 36 heavy (non-hydrogen) atoms. The molecular weight excluding hydrogens is 506 g/mol. The Hall–Kier alpha value is -2.35. The van der Waals surface area contributed by atoms with Gasteiger partial charge < -0.3 is 14.4 Å². The Labute approximate surface area is 202 Å². The maximum Gasteiger partial charge on any atom is 0.434 e. The molecule has 204 valence electrons. The van der Waals surface area contributed by atoms with Crippen molar-refractivity contribution in [2.45, 2.75) is 50.3 Å². The molecule has 2 fully saturated rings. The summed E-state index contributed by atoms with van der Waals surface area (Å²) in [5.41, 5.74) is 1.59. The number of nitrogens with zero attached hydrogens (tertiary/aromatic N) is 3. The molecule has 0 bridgehead atoms. The molecule has 0 N–H and O–H groups in total. The van der Waals surface area contributed by atoms with E-state index < -0.39 is 30.5 Å². The van der Waals surface area contributed by atoms with Crippen molar-refractivity contribution >= 4 is 6.09 Å². The number of piperidine rings is 1. The molecule has 0 aromatic heterocycles. The highest BCUT2D eigenvalue weighted by Gasteiger charge is 2.60. The van der Waals surface area contributed by atoms with Gasteiger partial charge in [-0.15, -0.1) is 0 Å². The molecule has 0 atom stereocenters. The number of rotatable bonds is 6. The number of carbonyl (C=O) groups excluding carboxylic acids is 1. The van der Waals surface area contributed by atoms with Gasteiger partial charge in [0.15, 0.2) is 0 Å². The van der Waals surface area contributed by atoms with Gasteiger partial charge in [-0.3, -0.25) is 9.80 Å². The molecule has 0 aliphatic carbocycles. The Balaban J connectivity index is 1.57. The number of alkyl halides is 8. The summed E-state index contributed by atoms with van der Waals surface area (Å²) in [5.74, 6) is -2.08. The highest BCUT2D eigenvalue weighted by Crippen LogP contribution is 2.36. The van der Waals surface area contributed by atoms with Gasteiger partial charge in [-0.25, -0.2) is 13.6 Å². The van der Waals surface area contributed by atoms with E-state index in [1.165, 1.54) is 7.11 Å². The second-order valence-electron chi connectivity index (χ2n) is 8.85. The third-order valence-corrected chi connectivity index (χ3v) is 6.20. The van der Waals surface area contributed by atoms with E-state index in [4.69, 9.17) is 4.74 Å². The summed E-state index contributed by atoms with van der Waals surface area (Å²) in [6.45, 7) is 1.41. The van der Waals surface area contributed by atoms with E-state index in [1.807, 2.05) is 21.9 Å². The summed E-state index contributed by atoms with van der Waals surface area (Å²) in [5, 5.41) is 0. The Bertz CT molecular complexity index is 878. The third kappa shape index (κ3) is 7.34. The number of likely N-dealkylation sites (tertiary alicyclic amines) is 1. The smallest absolute Gasteiger partial charge is 0.434 e. The van der Waals surface area contributed by atoms with Gasteiger partial charge in [0.1, 0.15) is 5.75 Å². The lowest BCUT2D eigenvalue weighted by atomic mass is 10.0. The van der Waals surface area contributed by atoms with Crippen LogP contribution in [0.2, 0.25) is 0 Å². The van der Waals surface area contributed by atoms with Crippen LogP contribution in [-0.2, 0) is 17.8 Å². The van der Waals surface area contributed by atoms with E-state index in [0.717, 1.165) is 16.0 Å². The molecule has 2 saturated heterocycles. The molecule has 0 unspecified atom stereocenters.